The molecule has 0 fully saturated rings. The molecule has 1 amide bonds. The highest BCUT2D eigenvalue weighted by atomic mass is 16.4. The molecule has 1 aromatic rings. The molecule has 0 saturated heterocycles. The number of aromatic nitrogens is 1. The Hall–Kier alpha value is -1.91. The van der Waals surface area contributed by atoms with E-state index < -0.39 is 5.97 Å². The van der Waals surface area contributed by atoms with Crippen LogP contribution in [0.1, 0.15) is 19.3 Å². The number of carbonyl (C=O) groups is 2. The van der Waals surface area contributed by atoms with Crippen LogP contribution in [-0.2, 0) is 9.59 Å². The van der Waals surface area contributed by atoms with Crippen LogP contribution in [-0.4, -0.2) is 29.0 Å². The van der Waals surface area contributed by atoms with E-state index in [1.54, 1.807) is 31.6 Å². The predicted molar refractivity (Wildman–Crippen MR) is 59.1 cm³/mol. The van der Waals surface area contributed by atoms with Gasteiger partial charge in [-0.2, -0.15) is 0 Å². The Morgan fingerprint density at radius 2 is 2.19 bits per heavy atom. The first-order valence-corrected chi connectivity index (χ1v) is 4.99. The van der Waals surface area contributed by atoms with Crippen LogP contribution < -0.4 is 4.90 Å². The summed E-state index contributed by atoms with van der Waals surface area (Å²) in [7, 11) is 1.65. The van der Waals surface area contributed by atoms with Crippen molar-refractivity contribution in [3.05, 3.63) is 24.5 Å². The standard InChI is InChI=1S/C11H14N2O3/c1-13(9-4-3-7-12-8-9)10(14)5-2-6-11(15)16/h3-4,7-8H,2,5-6H2,1H3,(H,15,16). The predicted octanol–water partition coefficient (Wildman–Crippen LogP) is 1.30. The van der Waals surface area contributed by atoms with Crippen molar-refractivity contribution in [3.8, 4) is 0 Å². The van der Waals surface area contributed by atoms with Gasteiger partial charge in [-0.1, -0.05) is 0 Å². The molecule has 0 aliphatic rings. The summed E-state index contributed by atoms with van der Waals surface area (Å²) in [4.78, 5) is 27.3. The van der Waals surface area contributed by atoms with E-state index in [4.69, 9.17) is 5.11 Å². The lowest BCUT2D eigenvalue weighted by Crippen LogP contribution is -2.26. The summed E-state index contributed by atoms with van der Waals surface area (Å²) in [6, 6.07) is 3.53. The highest BCUT2D eigenvalue weighted by Crippen LogP contribution is 2.11. The van der Waals surface area contributed by atoms with Crippen LogP contribution in [0.3, 0.4) is 0 Å². The molecular weight excluding hydrogens is 208 g/mol. The smallest absolute Gasteiger partial charge is 0.303 e. The molecule has 0 saturated carbocycles. The molecule has 0 spiro atoms. The minimum Gasteiger partial charge on any atom is -0.481 e. The monoisotopic (exact) mass is 222 g/mol. The van der Waals surface area contributed by atoms with Crippen LogP contribution >= 0.6 is 0 Å². The summed E-state index contributed by atoms with van der Waals surface area (Å²) in [5.74, 6) is -0.980. The van der Waals surface area contributed by atoms with Crippen molar-refractivity contribution < 1.29 is 14.7 Å². The third-order valence-electron chi connectivity index (χ3n) is 2.19. The second kappa shape index (κ2) is 5.85. The van der Waals surface area contributed by atoms with Crippen LogP contribution in [0.5, 0.6) is 0 Å². The fourth-order valence-corrected chi connectivity index (χ4v) is 1.25. The van der Waals surface area contributed by atoms with Gasteiger partial charge in [0.1, 0.15) is 0 Å². The number of aliphatic carboxylic acids is 1. The molecule has 0 aliphatic carbocycles. The zero-order valence-electron chi connectivity index (χ0n) is 9.09. The fraction of sp³-hybridized carbons (Fsp3) is 0.364. The quantitative estimate of drug-likeness (QED) is 0.815. The average molecular weight is 222 g/mol. The number of amides is 1. The fourth-order valence-electron chi connectivity index (χ4n) is 1.25. The maximum atomic E-state index is 11.6. The second-order valence-corrected chi connectivity index (χ2v) is 3.41. The molecule has 0 unspecified atom stereocenters. The van der Waals surface area contributed by atoms with Gasteiger partial charge in [0.05, 0.1) is 11.9 Å². The molecule has 86 valence electrons. The topological polar surface area (TPSA) is 70.5 Å². The number of hydrogen-bond donors (Lipinski definition) is 1. The van der Waals surface area contributed by atoms with Crippen LogP contribution in [0.25, 0.3) is 0 Å². The lowest BCUT2D eigenvalue weighted by atomic mass is 10.2. The van der Waals surface area contributed by atoms with Crippen molar-refractivity contribution >= 4 is 17.6 Å². The molecule has 16 heavy (non-hydrogen) atoms. The first-order chi connectivity index (χ1) is 7.61. The van der Waals surface area contributed by atoms with Crippen molar-refractivity contribution in [2.24, 2.45) is 0 Å². The molecule has 5 nitrogen and oxygen atoms in total. The summed E-state index contributed by atoms with van der Waals surface area (Å²) in [6.07, 6.45) is 3.84. The molecule has 5 heteroatoms. The van der Waals surface area contributed by atoms with E-state index in [1.165, 1.54) is 4.90 Å². The molecule has 0 atom stereocenters. The van der Waals surface area contributed by atoms with Crippen LogP contribution in [0.2, 0.25) is 0 Å². The van der Waals surface area contributed by atoms with Crippen molar-refractivity contribution in [1.82, 2.24) is 4.98 Å². The first kappa shape index (κ1) is 12.2. The largest absolute Gasteiger partial charge is 0.481 e. The summed E-state index contributed by atoms with van der Waals surface area (Å²) < 4.78 is 0. The number of carbonyl (C=O) groups excluding carboxylic acids is 1. The lowest BCUT2D eigenvalue weighted by Gasteiger charge is -2.16. The van der Waals surface area contributed by atoms with E-state index in [0.717, 1.165) is 0 Å². The van der Waals surface area contributed by atoms with Gasteiger partial charge >= 0.3 is 5.97 Å². The van der Waals surface area contributed by atoms with Crippen molar-refractivity contribution in [2.45, 2.75) is 19.3 Å². The van der Waals surface area contributed by atoms with Gasteiger partial charge in [0.2, 0.25) is 5.91 Å². The van der Waals surface area contributed by atoms with Gasteiger partial charge in [-0.3, -0.25) is 14.6 Å². The number of carboxylic acids is 1. The number of carboxylic acid groups (broad SMARTS) is 1. The van der Waals surface area contributed by atoms with Crippen molar-refractivity contribution in [1.29, 1.82) is 0 Å². The molecule has 1 heterocycles. The Morgan fingerprint density at radius 3 is 2.75 bits per heavy atom. The number of hydrogen-bond acceptors (Lipinski definition) is 3. The van der Waals surface area contributed by atoms with Gasteiger partial charge < -0.3 is 10.0 Å². The Labute approximate surface area is 93.7 Å². The molecule has 0 aliphatic heterocycles. The molecule has 1 N–H and O–H groups in total. The zero-order valence-corrected chi connectivity index (χ0v) is 9.09. The van der Waals surface area contributed by atoms with Crippen LogP contribution in [0.4, 0.5) is 5.69 Å². The highest BCUT2D eigenvalue weighted by Gasteiger charge is 2.10. The van der Waals surface area contributed by atoms with Gasteiger partial charge in [-0.05, 0) is 18.6 Å². The van der Waals surface area contributed by atoms with E-state index in [2.05, 4.69) is 4.98 Å². The van der Waals surface area contributed by atoms with Crippen molar-refractivity contribution in [3.63, 3.8) is 0 Å². The lowest BCUT2D eigenvalue weighted by molar-refractivity contribution is -0.137. The number of anilines is 1. The highest BCUT2D eigenvalue weighted by molar-refractivity contribution is 5.92. The summed E-state index contributed by atoms with van der Waals surface area (Å²) in [6.45, 7) is 0. The van der Waals surface area contributed by atoms with Crippen molar-refractivity contribution in [2.75, 3.05) is 11.9 Å². The molecule has 1 aromatic heterocycles. The van der Waals surface area contributed by atoms with E-state index in [9.17, 15) is 9.59 Å². The number of rotatable bonds is 5. The minimum absolute atomic E-state index is 0.0205. The SMILES string of the molecule is CN(C(=O)CCCC(=O)O)c1cccnc1. The number of pyridine rings is 1. The zero-order chi connectivity index (χ0) is 12.0. The normalized spacial score (nSPS) is 9.81. The average Bonchev–Trinajstić information content (AvgIpc) is 2.28. The third kappa shape index (κ3) is 3.68. The van der Waals surface area contributed by atoms with E-state index in [0.29, 0.717) is 12.1 Å². The molecule has 1 rings (SSSR count). The van der Waals surface area contributed by atoms with Gasteiger partial charge in [0.15, 0.2) is 0 Å². The van der Waals surface area contributed by atoms with Gasteiger partial charge in [-0.25, -0.2) is 0 Å². The van der Waals surface area contributed by atoms with E-state index in [-0.39, 0.29) is 18.7 Å². The first-order valence-electron chi connectivity index (χ1n) is 4.99. The summed E-state index contributed by atoms with van der Waals surface area (Å²) >= 11 is 0. The summed E-state index contributed by atoms with van der Waals surface area (Å²) in [5, 5.41) is 8.45. The second-order valence-electron chi connectivity index (χ2n) is 3.41. The molecular formula is C11H14N2O3. The number of nitrogens with zero attached hydrogens (tertiary/aromatic N) is 2. The molecule has 0 radical (unpaired) electrons. The Kier molecular flexibility index (Phi) is 4.44. The minimum atomic E-state index is -0.878. The Bertz CT molecular complexity index is 365. The maximum Gasteiger partial charge on any atom is 0.303 e. The van der Waals surface area contributed by atoms with Gasteiger partial charge in [-0.15, -0.1) is 0 Å². The Balaban J connectivity index is 2.45. The summed E-state index contributed by atoms with van der Waals surface area (Å²) in [5.41, 5.74) is 0.711. The van der Waals surface area contributed by atoms with Crippen LogP contribution in [0, 0.1) is 0 Å². The molecule has 0 aromatic carbocycles. The van der Waals surface area contributed by atoms with E-state index >= 15 is 0 Å². The van der Waals surface area contributed by atoms with Gasteiger partial charge in [0, 0.05) is 26.1 Å². The van der Waals surface area contributed by atoms with Crippen LogP contribution in [0.15, 0.2) is 24.5 Å². The molecule has 0 bridgehead atoms. The van der Waals surface area contributed by atoms with Gasteiger partial charge in [0.25, 0.3) is 0 Å². The maximum absolute atomic E-state index is 11.6. The Morgan fingerprint density at radius 1 is 1.44 bits per heavy atom. The third-order valence-corrected chi connectivity index (χ3v) is 2.19. The van der Waals surface area contributed by atoms with E-state index in [1.807, 2.05) is 0 Å².